The fourth-order valence-electron chi connectivity index (χ4n) is 0.486. The van der Waals surface area contributed by atoms with Crippen LogP contribution in [0.5, 0.6) is 0 Å². The maximum Gasteiger partial charge on any atom is 0.305 e. The molecule has 0 aromatic carbocycles. The summed E-state index contributed by atoms with van der Waals surface area (Å²) in [6.45, 7) is 0. The Bertz CT molecular complexity index is 135. The quantitative estimate of drug-likeness (QED) is 0.675. The number of rotatable bonds is 4. The third-order valence-electron chi connectivity index (χ3n) is 0.999. The van der Waals surface area contributed by atoms with E-state index < -0.39 is 5.97 Å². The number of esters is 1. The molecule has 0 saturated carbocycles. The Labute approximate surface area is 75.1 Å². The molecule has 1 N–H and O–H groups in total. The average Bonchev–Trinajstić information content (AvgIpc) is 1.87. The van der Waals surface area contributed by atoms with Gasteiger partial charge in [0.15, 0.2) is 0 Å². The van der Waals surface area contributed by atoms with E-state index in [1.165, 1.54) is 7.11 Å². The first-order chi connectivity index (χ1) is 4.66. The van der Waals surface area contributed by atoms with Gasteiger partial charge < -0.3 is 9.84 Å². The van der Waals surface area contributed by atoms with Crippen LogP contribution < -0.4 is 0 Å². The minimum atomic E-state index is -0.885. The summed E-state index contributed by atoms with van der Waals surface area (Å²) in [6.07, 6.45) is 0.555. The fourth-order valence-corrected chi connectivity index (χ4v) is 0.486. The Hall–Kier alpha value is -0.554. The minimum absolute atomic E-state index is 0. The summed E-state index contributed by atoms with van der Waals surface area (Å²) in [4.78, 5) is 20.3. The number of carboxylic acids is 1. The van der Waals surface area contributed by atoms with E-state index in [9.17, 15) is 9.59 Å². The third-order valence-corrected chi connectivity index (χ3v) is 0.999. The van der Waals surface area contributed by atoms with E-state index in [0.717, 1.165) is 0 Å². The molecule has 0 heterocycles. The first-order valence-corrected chi connectivity index (χ1v) is 2.95. The molecular formula is C6H10CoO4. The molecule has 0 aliphatic rings. The molecule has 0 unspecified atom stereocenters. The van der Waals surface area contributed by atoms with Crippen molar-refractivity contribution in [3.05, 3.63) is 0 Å². The van der Waals surface area contributed by atoms with Crippen molar-refractivity contribution in [2.75, 3.05) is 7.11 Å². The van der Waals surface area contributed by atoms with Crippen LogP contribution in [0.4, 0.5) is 0 Å². The summed E-state index contributed by atoms with van der Waals surface area (Å²) in [5.74, 6) is -1.25. The zero-order valence-electron chi connectivity index (χ0n) is 6.13. The van der Waals surface area contributed by atoms with E-state index >= 15 is 0 Å². The van der Waals surface area contributed by atoms with E-state index in [4.69, 9.17) is 5.11 Å². The Morgan fingerprint density at radius 2 is 1.91 bits per heavy atom. The molecule has 67 valence electrons. The smallest absolute Gasteiger partial charge is 0.305 e. The Morgan fingerprint density at radius 3 is 2.27 bits per heavy atom. The van der Waals surface area contributed by atoms with Crippen molar-refractivity contribution in [3.63, 3.8) is 0 Å². The van der Waals surface area contributed by atoms with Crippen LogP contribution in [0.1, 0.15) is 19.3 Å². The van der Waals surface area contributed by atoms with Gasteiger partial charge in [-0.3, -0.25) is 9.59 Å². The number of carbonyl (C=O) groups excluding carboxylic acids is 1. The van der Waals surface area contributed by atoms with Crippen molar-refractivity contribution >= 4 is 11.9 Å². The van der Waals surface area contributed by atoms with Gasteiger partial charge in [0.2, 0.25) is 0 Å². The molecule has 0 aliphatic heterocycles. The second-order valence-electron chi connectivity index (χ2n) is 1.82. The molecule has 0 amide bonds. The van der Waals surface area contributed by atoms with Crippen LogP contribution in [0.25, 0.3) is 0 Å². The molecule has 0 bridgehead atoms. The van der Waals surface area contributed by atoms with Crippen molar-refractivity contribution in [1.29, 1.82) is 0 Å². The largest absolute Gasteiger partial charge is 0.481 e. The normalized spacial score (nSPS) is 8.09. The number of aliphatic carboxylic acids is 1. The Balaban J connectivity index is 0. The molecule has 1 radical (unpaired) electrons. The molecule has 0 atom stereocenters. The second kappa shape index (κ2) is 7.55. The molecule has 0 aromatic heterocycles. The van der Waals surface area contributed by atoms with Gasteiger partial charge in [-0.2, -0.15) is 0 Å². The van der Waals surface area contributed by atoms with Crippen molar-refractivity contribution in [2.45, 2.75) is 19.3 Å². The molecule has 0 aromatic rings. The van der Waals surface area contributed by atoms with Crippen LogP contribution in [0.2, 0.25) is 0 Å². The van der Waals surface area contributed by atoms with Crippen LogP contribution in [-0.4, -0.2) is 24.2 Å². The maximum atomic E-state index is 10.4. The third kappa shape index (κ3) is 9.45. The molecule has 11 heavy (non-hydrogen) atoms. The van der Waals surface area contributed by atoms with E-state index in [1.54, 1.807) is 0 Å². The number of carbonyl (C=O) groups is 2. The number of methoxy groups -OCH3 is 1. The summed E-state index contributed by atoms with van der Waals surface area (Å²) >= 11 is 0. The monoisotopic (exact) mass is 205 g/mol. The van der Waals surface area contributed by atoms with Crippen LogP contribution in [-0.2, 0) is 31.1 Å². The predicted molar refractivity (Wildman–Crippen MR) is 33.5 cm³/mol. The zero-order valence-corrected chi connectivity index (χ0v) is 7.17. The van der Waals surface area contributed by atoms with Crippen molar-refractivity contribution in [1.82, 2.24) is 0 Å². The van der Waals surface area contributed by atoms with Gasteiger partial charge in [-0.25, -0.2) is 0 Å². The van der Waals surface area contributed by atoms with E-state index in [1.807, 2.05) is 0 Å². The van der Waals surface area contributed by atoms with Crippen LogP contribution in [0.15, 0.2) is 0 Å². The summed E-state index contributed by atoms with van der Waals surface area (Å²) in [5, 5.41) is 8.15. The molecule has 0 spiro atoms. The molecule has 0 saturated heterocycles. The van der Waals surface area contributed by atoms with Crippen LogP contribution >= 0.6 is 0 Å². The predicted octanol–water partition coefficient (Wildman–Crippen LogP) is 0.412. The summed E-state index contributed by atoms with van der Waals surface area (Å²) in [7, 11) is 1.28. The van der Waals surface area contributed by atoms with Crippen LogP contribution in [0.3, 0.4) is 0 Å². The van der Waals surface area contributed by atoms with Gasteiger partial charge in [-0.15, -0.1) is 0 Å². The second-order valence-corrected chi connectivity index (χ2v) is 1.82. The number of carboxylic acid groups (broad SMARTS) is 1. The molecular weight excluding hydrogens is 195 g/mol. The molecule has 0 fully saturated rings. The van der Waals surface area contributed by atoms with Gasteiger partial charge in [0, 0.05) is 29.6 Å². The van der Waals surface area contributed by atoms with Gasteiger partial charge in [0.1, 0.15) is 0 Å². The molecule has 4 nitrogen and oxygen atoms in total. The SMILES string of the molecule is COC(=O)CCCC(=O)O.[Co]. The number of hydrogen-bond donors (Lipinski definition) is 1. The summed E-state index contributed by atoms with van der Waals surface area (Å²) < 4.78 is 4.30. The van der Waals surface area contributed by atoms with Crippen LogP contribution in [0, 0.1) is 0 Å². The van der Waals surface area contributed by atoms with Gasteiger partial charge in [-0.1, -0.05) is 0 Å². The zero-order chi connectivity index (χ0) is 7.98. The summed E-state index contributed by atoms with van der Waals surface area (Å²) in [6, 6.07) is 0. The fraction of sp³-hybridized carbons (Fsp3) is 0.667. The first-order valence-electron chi connectivity index (χ1n) is 2.95. The Morgan fingerprint density at radius 1 is 1.36 bits per heavy atom. The van der Waals surface area contributed by atoms with Gasteiger partial charge >= 0.3 is 11.9 Å². The maximum absolute atomic E-state index is 10.4. The van der Waals surface area contributed by atoms with Gasteiger partial charge in [-0.05, 0) is 6.42 Å². The minimum Gasteiger partial charge on any atom is -0.481 e. The first kappa shape index (κ1) is 13.1. The van der Waals surface area contributed by atoms with Crippen molar-refractivity contribution in [2.24, 2.45) is 0 Å². The summed E-state index contributed by atoms with van der Waals surface area (Å²) in [5.41, 5.74) is 0. The van der Waals surface area contributed by atoms with Crippen molar-refractivity contribution < 1.29 is 36.2 Å². The number of ether oxygens (including phenoxy) is 1. The molecule has 0 aliphatic carbocycles. The molecule has 5 heteroatoms. The average molecular weight is 205 g/mol. The van der Waals surface area contributed by atoms with E-state index in [-0.39, 0.29) is 35.6 Å². The number of hydrogen-bond acceptors (Lipinski definition) is 3. The van der Waals surface area contributed by atoms with Crippen molar-refractivity contribution in [3.8, 4) is 0 Å². The van der Waals surface area contributed by atoms with E-state index in [0.29, 0.717) is 6.42 Å². The Kier molecular flexibility index (Phi) is 8.97. The van der Waals surface area contributed by atoms with E-state index in [2.05, 4.69) is 4.74 Å². The topological polar surface area (TPSA) is 63.6 Å². The standard InChI is InChI=1S/C6H10O4.Co/c1-10-6(9)4-2-3-5(7)8;/h2-4H2,1H3,(H,7,8);. The van der Waals surface area contributed by atoms with Gasteiger partial charge in [0.05, 0.1) is 7.11 Å². The van der Waals surface area contributed by atoms with Gasteiger partial charge in [0.25, 0.3) is 0 Å². The molecule has 0 rings (SSSR count).